The molecule has 0 bridgehead atoms. The summed E-state index contributed by atoms with van der Waals surface area (Å²) in [5.74, 6) is 2.47. The van der Waals surface area contributed by atoms with Crippen molar-refractivity contribution in [2.45, 2.75) is 25.9 Å². The minimum atomic E-state index is 0.0932. The molecule has 0 radical (unpaired) electrons. The molecule has 7 heteroatoms. The van der Waals surface area contributed by atoms with E-state index in [2.05, 4.69) is 24.0 Å². The first-order valence-corrected chi connectivity index (χ1v) is 8.84. The topological polar surface area (TPSA) is 60.2 Å². The Morgan fingerprint density at radius 1 is 1.29 bits per heavy atom. The number of hydrogen-bond donors (Lipinski definition) is 0. The van der Waals surface area contributed by atoms with Crippen molar-refractivity contribution < 1.29 is 9.53 Å². The van der Waals surface area contributed by atoms with Crippen LogP contribution in [0.15, 0.2) is 29.4 Å². The van der Waals surface area contributed by atoms with E-state index in [4.69, 9.17) is 4.74 Å². The van der Waals surface area contributed by atoms with Crippen LogP contribution in [0.2, 0.25) is 0 Å². The van der Waals surface area contributed by atoms with Crippen LogP contribution in [0.4, 0.5) is 0 Å². The van der Waals surface area contributed by atoms with Crippen LogP contribution in [-0.2, 0) is 4.79 Å². The maximum absolute atomic E-state index is 12.2. The van der Waals surface area contributed by atoms with Crippen LogP contribution in [0.1, 0.15) is 19.7 Å². The number of carbonyl (C=O) groups excluding carboxylic acids is 1. The number of aromatic nitrogens is 3. The Morgan fingerprint density at radius 2 is 1.96 bits per heavy atom. The summed E-state index contributed by atoms with van der Waals surface area (Å²) < 4.78 is 7.13. The van der Waals surface area contributed by atoms with Crippen LogP contribution in [0.25, 0.3) is 5.69 Å². The second-order valence-corrected chi connectivity index (χ2v) is 6.96. The molecule has 0 unspecified atom stereocenters. The van der Waals surface area contributed by atoms with Crippen molar-refractivity contribution in [1.29, 1.82) is 0 Å². The van der Waals surface area contributed by atoms with Gasteiger partial charge in [-0.1, -0.05) is 25.6 Å². The Balaban J connectivity index is 2.10. The number of methoxy groups -OCH3 is 1. The van der Waals surface area contributed by atoms with Gasteiger partial charge in [0.25, 0.3) is 0 Å². The van der Waals surface area contributed by atoms with E-state index in [-0.39, 0.29) is 5.91 Å². The zero-order valence-electron chi connectivity index (χ0n) is 14.8. The molecule has 0 saturated carbocycles. The van der Waals surface area contributed by atoms with Crippen molar-refractivity contribution in [1.82, 2.24) is 19.7 Å². The predicted molar refractivity (Wildman–Crippen MR) is 95.8 cm³/mol. The van der Waals surface area contributed by atoms with Crippen molar-refractivity contribution >= 4 is 17.7 Å². The monoisotopic (exact) mass is 348 g/mol. The number of thioether (sulfide) groups is 1. The summed E-state index contributed by atoms with van der Waals surface area (Å²) >= 11 is 1.40. The second-order valence-electron chi connectivity index (χ2n) is 6.02. The summed E-state index contributed by atoms with van der Waals surface area (Å²) in [7, 11) is 3.47. The lowest BCUT2D eigenvalue weighted by Crippen LogP contribution is -2.31. The molecule has 0 aliphatic heterocycles. The van der Waals surface area contributed by atoms with Crippen molar-refractivity contribution in [3.05, 3.63) is 30.1 Å². The number of nitrogens with zero attached hydrogens (tertiary/aromatic N) is 4. The summed E-state index contributed by atoms with van der Waals surface area (Å²) in [5, 5.41) is 9.06. The molecule has 1 aromatic carbocycles. The van der Waals surface area contributed by atoms with Gasteiger partial charge in [0.15, 0.2) is 5.16 Å². The quantitative estimate of drug-likeness (QED) is 0.720. The Kier molecular flexibility index (Phi) is 6.25. The van der Waals surface area contributed by atoms with Gasteiger partial charge in [-0.2, -0.15) is 0 Å². The summed E-state index contributed by atoms with van der Waals surface area (Å²) in [6.45, 7) is 6.85. The maximum Gasteiger partial charge on any atom is 0.232 e. The first-order valence-electron chi connectivity index (χ1n) is 7.85. The van der Waals surface area contributed by atoms with Gasteiger partial charge in [0.1, 0.15) is 11.6 Å². The number of amides is 1. The highest BCUT2D eigenvalue weighted by atomic mass is 32.2. The van der Waals surface area contributed by atoms with Gasteiger partial charge < -0.3 is 9.64 Å². The number of aryl methyl sites for hydroxylation is 1. The van der Waals surface area contributed by atoms with Gasteiger partial charge in [-0.3, -0.25) is 9.36 Å². The summed E-state index contributed by atoms with van der Waals surface area (Å²) in [6.07, 6.45) is 0. The third-order valence-electron chi connectivity index (χ3n) is 3.52. The van der Waals surface area contributed by atoms with E-state index in [1.165, 1.54) is 11.8 Å². The Labute approximate surface area is 147 Å². The largest absolute Gasteiger partial charge is 0.497 e. The van der Waals surface area contributed by atoms with Gasteiger partial charge in [0.05, 0.1) is 12.9 Å². The third-order valence-corrected chi connectivity index (χ3v) is 4.43. The lowest BCUT2D eigenvalue weighted by atomic mass is 10.2. The summed E-state index contributed by atoms with van der Waals surface area (Å²) in [4.78, 5) is 14.0. The molecule has 130 valence electrons. The smallest absolute Gasteiger partial charge is 0.232 e. The SMILES string of the molecule is COc1ccc(-n2c(C)nnc2SCC(=O)N(C)CC(C)C)cc1. The zero-order chi connectivity index (χ0) is 17.7. The Hall–Kier alpha value is -2.02. The van der Waals surface area contributed by atoms with Crippen LogP contribution < -0.4 is 4.74 Å². The summed E-state index contributed by atoms with van der Waals surface area (Å²) in [5.41, 5.74) is 0.948. The molecule has 0 atom stereocenters. The standard InChI is InChI=1S/C17H24N4O2S/c1-12(2)10-20(4)16(22)11-24-17-19-18-13(3)21(17)14-6-8-15(23-5)9-7-14/h6-9,12H,10-11H2,1-5H3. The lowest BCUT2D eigenvalue weighted by Gasteiger charge is -2.19. The molecule has 0 saturated heterocycles. The number of hydrogen-bond acceptors (Lipinski definition) is 5. The van der Waals surface area contributed by atoms with E-state index in [0.29, 0.717) is 16.8 Å². The van der Waals surface area contributed by atoms with Crippen molar-refractivity contribution in [3.63, 3.8) is 0 Å². The zero-order valence-corrected chi connectivity index (χ0v) is 15.6. The molecule has 24 heavy (non-hydrogen) atoms. The van der Waals surface area contributed by atoms with Gasteiger partial charge >= 0.3 is 0 Å². The average molecular weight is 348 g/mol. The Bertz CT molecular complexity index is 682. The van der Waals surface area contributed by atoms with E-state index < -0.39 is 0 Å². The number of benzene rings is 1. The highest BCUT2D eigenvalue weighted by Gasteiger charge is 2.16. The highest BCUT2D eigenvalue weighted by Crippen LogP contribution is 2.23. The van der Waals surface area contributed by atoms with E-state index in [0.717, 1.165) is 23.8 Å². The highest BCUT2D eigenvalue weighted by molar-refractivity contribution is 7.99. The van der Waals surface area contributed by atoms with Crippen LogP contribution in [-0.4, -0.2) is 52.0 Å². The molecule has 2 rings (SSSR count). The normalized spacial score (nSPS) is 10.9. The molecule has 1 aromatic heterocycles. The van der Waals surface area contributed by atoms with Crippen LogP contribution >= 0.6 is 11.8 Å². The van der Waals surface area contributed by atoms with Gasteiger partial charge in [-0.05, 0) is 37.1 Å². The molecule has 1 amide bonds. The van der Waals surface area contributed by atoms with Crippen molar-refractivity contribution in [2.75, 3.05) is 26.5 Å². The molecule has 0 spiro atoms. The van der Waals surface area contributed by atoms with Gasteiger partial charge in [0, 0.05) is 19.3 Å². The van der Waals surface area contributed by atoms with Crippen molar-refractivity contribution in [2.24, 2.45) is 5.92 Å². The van der Waals surface area contributed by atoms with Crippen LogP contribution in [0.5, 0.6) is 5.75 Å². The Morgan fingerprint density at radius 3 is 2.54 bits per heavy atom. The number of ether oxygens (including phenoxy) is 1. The number of carbonyl (C=O) groups is 1. The lowest BCUT2D eigenvalue weighted by molar-refractivity contribution is -0.127. The second kappa shape index (κ2) is 8.19. The molecule has 0 aliphatic carbocycles. The van der Waals surface area contributed by atoms with Crippen LogP contribution in [0, 0.1) is 12.8 Å². The molecule has 6 nitrogen and oxygen atoms in total. The molecule has 1 heterocycles. The third kappa shape index (κ3) is 4.50. The fourth-order valence-corrected chi connectivity index (χ4v) is 3.29. The first kappa shape index (κ1) is 18.3. The molecule has 0 aliphatic rings. The first-order chi connectivity index (χ1) is 11.4. The maximum atomic E-state index is 12.2. The van der Waals surface area contributed by atoms with Crippen molar-refractivity contribution in [3.8, 4) is 11.4 Å². The fourth-order valence-electron chi connectivity index (χ4n) is 2.35. The average Bonchev–Trinajstić information content (AvgIpc) is 2.92. The van der Waals surface area contributed by atoms with Gasteiger partial charge in [0.2, 0.25) is 5.91 Å². The van der Waals surface area contributed by atoms with E-state index in [1.807, 2.05) is 42.8 Å². The molecule has 2 aromatic rings. The number of rotatable bonds is 7. The molecule has 0 fully saturated rings. The van der Waals surface area contributed by atoms with Crippen LogP contribution in [0.3, 0.4) is 0 Å². The molecular weight excluding hydrogens is 324 g/mol. The fraction of sp³-hybridized carbons (Fsp3) is 0.471. The minimum absolute atomic E-state index is 0.0932. The molecular formula is C17H24N4O2S. The van der Waals surface area contributed by atoms with Gasteiger partial charge in [-0.25, -0.2) is 0 Å². The van der Waals surface area contributed by atoms with E-state index >= 15 is 0 Å². The van der Waals surface area contributed by atoms with E-state index in [9.17, 15) is 4.79 Å². The molecule has 0 N–H and O–H groups in total. The predicted octanol–water partition coefficient (Wildman–Crippen LogP) is 2.79. The summed E-state index contributed by atoms with van der Waals surface area (Å²) in [6, 6.07) is 7.69. The minimum Gasteiger partial charge on any atom is -0.497 e. The van der Waals surface area contributed by atoms with Gasteiger partial charge in [-0.15, -0.1) is 10.2 Å². The van der Waals surface area contributed by atoms with E-state index in [1.54, 1.807) is 12.0 Å².